The number of fused-ring (bicyclic) bond motifs is 2. The maximum atomic E-state index is 14.3. The van der Waals surface area contributed by atoms with Crippen molar-refractivity contribution >= 4 is 33.7 Å². The summed E-state index contributed by atoms with van der Waals surface area (Å²) in [6, 6.07) is 28.7. The number of hydrogen-bond acceptors (Lipinski definition) is 4. The standard InChI is InChI=1S/C36H25FN4O3/c37-31-11-15-39-32-17-23(3-10-29(31)32)21-41-16-12-26-18-27(24-4-1-22(20-38)2-5-24)19-30(33(26)41)34(42)40-36(13-14-36)28-8-6-25(7-9-28)35(43)44/h1-12,15-19H,13-14,21H2,(H,40,42)(H,43,44). The first-order chi connectivity index (χ1) is 21.3. The number of rotatable bonds is 7. The van der Waals surface area contributed by atoms with Crippen LogP contribution < -0.4 is 5.32 Å². The number of nitrogens with one attached hydrogen (secondary N) is 1. The number of carbonyl (C=O) groups is 2. The molecular formula is C36H25FN4O3. The molecule has 0 atom stereocenters. The van der Waals surface area contributed by atoms with E-state index in [-0.39, 0.29) is 17.3 Å². The van der Waals surface area contributed by atoms with Gasteiger partial charge in [0.05, 0.1) is 39.3 Å². The lowest BCUT2D eigenvalue weighted by Gasteiger charge is -2.20. The van der Waals surface area contributed by atoms with E-state index in [2.05, 4.69) is 16.4 Å². The summed E-state index contributed by atoms with van der Waals surface area (Å²) in [5.41, 5.74) is 5.46. The molecule has 1 aliphatic carbocycles. The van der Waals surface area contributed by atoms with Gasteiger partial charge >= 0.3 is 5.97 Å². The van der Waals surface area contributed by atoms with Crippen molar-refractivity contribution in [1.29, 1.82) is 5.26 Å². The van der Waals surface area contributed by atoms with Crippen molar-refractivity contribution < 1.29 is 19.1 Å². The van der Waals surface area contributed by atoms with Crippen molar-refractivity contribution in [2.75, 3.05) is 0 Å². The molecule has 0 radical (unpaired) electrons. The Kier molecular flexibility index (Phi) is 6.44. The van der Waals surface area contributed by atoms with Crippen molar-refractivity contribution in [3.63, 3.8) is 0 Å². The highest BCUT2D eigenvalue weighted by Gasteiger charge is 2.46. The van der Waals surface area contributed by atoms with Gasteiger partial charge in [0, 0.05) is 29.7 Å². The van der Waals surface area contributed by atoms with E-state index >= 15 is 0 Å². The summed E-state index contributed by atoms with van der Waals surface area (Å²) in [7, 11) is 0. The molecule has 2 aromatic heterocycles. The molecule has 214 valence electrons. The number of benzene rings is 4. The number of pyridine rings is 1. The average Bonchev–Trinajstić information content (AvgIpc) is 3.72. The molecular weight excluding hydrogens is 555 g/mol. The van der Waals surface area contributed by atoms with Gasteiger partial charge in [0.1, 0.15) is 5.82 Å². The summed E-state index contributed by atoms with van der Waals surface area (Å²) in [4.78, 5) is 29.8. The smallest absolute Gasteiger partial charge is 0.335 e. The molecule has 2 N–H and O–H groups in total. The number of carboxylic acids is 1. The van der Waals surface area contributed by atoms with Gasteiger partial charge in [-0.15, -0.1) is 0 Å². The van der Waals surface area contributed by atoms with Crippen molar-refractivity contribution in [3.8, 4) is 17.2 Å². The summed E-state index contributed by atoms with van der Waals surface area (Å²) >= 11 is 0. The summed E-state index contributed by atoms with van der Waals surface area (Å²) in [5.74, 6) is -1.57. The molecule has 0 spiro atoms. The third-order valence-electron chi connectivity index (χ3n) is 8.35. The van der Waals surface area contributed by atoms with Crippen LogP contribution >= 0.6 is 0 Å². The highest BCUT2D eigenvalue weighted by molar-refractivity contribution is 6.08. The molecule has 1 fully saturated rings. The number of aromatic nitrogens is 2. The molecule has 6 aromatic rings. The molecule has 7 rings (SSSR count). The van der Waals surface area contributed by atoms with Crippen molar-refractivity contribution in [1.82, 2.24) is 14.9 Å². The van der Waals surface area contributed by atoms with E-state index in [4.69, 9.17) is 0 Å². The lowest BCUT2D eigenvalue weighted by atomic mass is 9.98. The first kappa shape index (κ1) is 27.0. The van der Waals surface area contributed by atoms with Crippen LogP contribution in [0, 0.1) is 17.1 Å². The predicted octanol–water partition coefficient (Wildman–Crippen LogP) is 7.03. The van der Waals surface area contributed by atoms with E-state index in [1.807, 2.05) is 53.2 Å². The van der Waals surface area contributed by atoms with Gasteiger partial charge in [0.25, 0.3) is 5.91 Å². The van der Waals surface area contributed by atoms with Gasteiger partial charge in [0.15, 0.2) is 0 Å². The molecule has 7 nitrogen and oxygen atoms in total. The SMILES string of the molecule is N#Cc1ccc(-c2cc(C(=O)NC3(c4ccc(C(=O)O)cc4)CC3)c3c(ccn3Cc3ccc4c(F)ccnc4c3)c2)cc1. The highest BCUT2D eigenvalue weighted by Crippen LogP contribution is 2.46. The minimum Gasteiger partial charge on any atom is -0.478 e. The molecule has 0 bridgehead atoms. The molecule has 1 amide bonds. The van der Waals surface area contributed by atoms with E-state index in [1.165, 1.54) is 12.3 Å². The van der Waals surface area contributed by atoms with Gasteiger partial charge in [-0.05, 0) is 95.8 Å². The van der Waals surface area contributed by atoms with E-state index < -0.39 is 11.5 Å². The van der Waals surface area contributed by atoms with Gasteiger partial charge < -0.3 is 15.0 Å². The molecule has 0 aliphatic heterocycles. The second kappa shape index (κ2) is 10.5. The van der Waals surface area contributed by atoms with Crippen molar-refractivity contribution in [2.24, 2.45) is 0 Å². The van der Waals surface area contributed by atoms with Gasteiger partial charge in [-0.1, -0.05) is 30.3 Å². The van der Waals surface area contributed by atoms with Gasteiger partial charge in [-0.25, -0.2) is 9.18 Å². The minimum absolute atomic E-state index is 0.192. The Morgan fingerprint density at radius 3 is 2.43 bits per heavy atom. The Morgan fingerprint density at radius 2 is 1.73 bits per heavy atom. The monoisotopic (exact) mass is 580 g/mol. The maximum absolute atomic E-state index is 14.3. The molecule has 0 saturated heterocycles. The van der Waals surface area contributed by atoms with Gasteiger partial charge in [0.2, 0.25) is 0 Å². The Hall–Kier alpha value is -5.81. The topological polar surface area (TPSA) is 108 Å². The van der Waals surface area contributed by atoms with Gasteiger partial charge in [-0.2, -0.15) is 5.26 Å². The summed E-state index contributed by atoms with van der Waals surface area (Å²) in [6.45, 7) is 0.440. The molecule has 1 aliphatic rings. The fraction of sp³-hybridized carbons (Fsp3) is 0.111. The van der Waals surface area contributed by atoms with Crippen molar-refractivity contribution in [2.45, 2.75) is 24.9 Å². The largest absolute Gasteiger partial charge is 0.478 e. The van der Waals surface area contributed by atoms with Crippen LogP contribution in [0.1, 0.15) is 50.2 Å². The summed E-state index contributed by atoms with van der Waals surface area (Å²) in [5, 5.41) is 23.1. The third-order valence-corrected chi connectivity index (χ3v) is 8.35. The summed E-state index contributed by atoms with van der Waals surface area (Å²) < 4.78 is 16.3. The second-order valence-electron chi connectivity index (χ2n) is 11.2. The minimum atomic E-state index is -1.000. The Bertz CT molecular complexity index is 2140. The zero-order chi connectivity index (χ0) is 30.4. The molecule has 0 unspecified atom stereocenters. The molecule has 1 saturated carbocycles. The Balaban J connectivity index is 1.30. The number of halogens is 1. The fourth-order valence-electron chi connectivity index (χ4n) is 5.84. The molecule has 8 heteroatoms. The van der Waals surface area contributed by atoms with E-state index in [0.29, 0.717) is 28.6 Å². The number of aromatic carboxylic acids is 1. The first-order valence-corrected chi connectivity index (χ1v) is 14.2. The van der Waals surface area contributed by atoms with Crippen LogP contribution in [-0.2, 0) is 12.1 Å². The van der Waals surface area contributed by atoms with Crippen LogP contribution in [0.3, 0.4) is 0 Å². The van der Waals surface area contributed by atoms with Crippen LogP contribution in [0.5, 0.6) is 0 Å². The molecule has 2 heterocycles. The average molecular weight is 581 g/mol. The summed E-state index contributed by atoms with van der Waals surface area (Å²) in [6.07, 6.45) is 4.86. The number of hydrogen-bond donors (Lipinski definition) is 2. The van der Waals surface area contributed by atoms with Crippen LogP contribution in [0.15, 0.2) is 103 Å². The van der Waals surface area contributed by atoms with E-state index in [0.717, 1.165) is 46.0 Å². The normalized spacial score (nSPS) is 13.5. The highest BCUT2D eigenvalue weighted by atomic mass is 19.1. The Morgan fingerprint density at radius 1 is 0.955 bits per heavy atom. The van der Waals surface area contributed by atoms with E-state index in [1.54, 1.807) is 42.5 Å². The first-order valence-electron chi connectivity index (χ1n) is 14.2. The van der Waals surface area contributed by atoms with E-state index in [9.17, 15) is 24.3 Å². The number of nitriles is 1. The van der Waals surface area contributed by atoms with Crippen molar-refractivity contribution in [3.05, 3.63) is 137 Å². The maximum Gasteiger partial charge on any atom is 0.335 e. The molecule has 44 heavy (non-hydrogen) atoms. The second-order valence-corrected chi connectivity index (χ2v) is 11.2. The number of carboxylic acid groups (broad SMARTS) is 1. The number of nitrogens with zero attached hydrogens (tertiary/aromatic N) is 3. The quantitative estimate of drug-likeness (QED) is 0.211. The zero-order valence-electron chi connectivity index (χ0n) is 23.4. The predicted molar refractivity (Wildman–Crippen MR) is 165 cm³/mol. The van der Waals surface area contributed by atoms with Crippen LogP contribution in [0.4, 0.5) is 4.39 Å². The molecule has 4 aromatic carbocycles. The number of carbonyl (C=O) groups excluding carboxylic acids is 1. The third kappa shape index (κ3) is 4.84. The van der Waals surface area contributed by atoms with Crippen LogP contribution in [0.2, 0.25) is 0 Å². The zero-order valence-corrected chi connectivity index (χ0v) is 23.4. The fourth-order valence-corrected chi connectivity index (χ4v) is 5.84. The lowest BCUT2D eigenvalue weighted by molar-refractivity contribution is 0.0696. The van der Waals surface area contributed by atoms with Crippen LogP contribution in [0.25, 0.3) is 32.9 Å². The Labute approximate surface area is 251 Å². The van der Waals surface area contributed by atoms with Gasteiger partial charge in [-0.3, -0.25) is 9.78 Å². The van der Waals surface area contributed by atoms with Crippen LogP contribution in [-0.4, -0.2) is 26.5 Å². The number of amides is 1. The lowest BCUT2D eigenvalue weighted by Crippen LogP contribution is -2.35.